The van der Waals surface area contributed by atoms with Crippen molar-refractivity contribution < 1.29 is 19.1 Å². The van der Waals surface area contributed by atoms with Gasteiger partial charge in [-0.1, -0.05) is 79.0 Å². The van der Waals surface area contributed by atoms with Gasteiger partial charge in [0, 0.05) is 11.6 Å². The van der Waals surface area contributed by atoms with Gasteiger partial charge in [0.2, 0.25) is 0 Å². The van der Waals surface area contributed by atoms with Gasteiger partial charge in [-0.3, -0.25) is 0 Å². The zero-order valence-corrected chi connectivity index (χ0v) is 20.1. The monoisotopic (exact) mass is 436 g/mol. The minimum Gasteiger partial charge on any atom is -0.463 e. The number of hydrogen-bond donors (Lipinski definition) is 0. The second-order valence-electron chi connectivity index (χ2n) is 6.67. The normalized spacial score (nSPS) is 14.6. The van der Waals surface area contributed by atoms with Crippen LogP contribution < -0.4 is 0 Å². The zero-order valence-electron chi connectivity index (χ0n) is 20.1. The third kappa shape index (κ3) is 13.8. The summed E-state index contributed by atoms with van der Waals surface area (Å²) in [4.78, 5) is 23.0. The van der Waals surface area contributed by atoms with Gasteiger partial charge in [0.05, 0.1) is 13.2 Å². The molecule has 0 aromatic heterocycles. The maximum Gasteiger partial charge on any atom is 0.333 e. The summed E-state index contributed by atoms with van der Waals surface area (Å²) in [5.41, 5.74) is 3.74. The Morgan fingerprint density at radius 3 is 1.38 bits per heavy atom. The van der Waals surface area contributed by atoms with E-state index in [1.165, 1.54) is 6.08 Å². The Morgan fingerprint density at radius 1 is 0.531 bits per heavy atom. The Bertz CT molecular complexity index is 869. The molecule has 0 spiro atoms. The molecule has 0 aromatic rings. The van der Waals surface area contributed by atoms with Crippen LogP contribution in [0.2, 0.25) is 0 Å². The van der Waals surface area contributed by atoms with Gasteiger partial charge in [0.1, 0.15) is 0 Å². The Labute approximate surface area is 193 Å². The van der Waals surface area contributed by atoms with Gasteiger partial charge in [0.25, 0.3) is 0 Å². The minimum absolute atomic E-state index is 0.268. The number of ether oxygens (including phenoxy) is 2. The Kier molecular flexibility index (Phi) is 16.4. The fourth-order valence-electron chi connectivity index (χ4n) is 2.26. The molecule has 0 atom stereocenters. The summed E-state index contributed by atoms with van der Waals surface area (Å²) in [5.74, 6) is -0.609. The largest absolute Gasteiger partial charge is 0.463 e. The van der Waals surface area contributed by atoms with Crippen LogP contribution >= 0.6 is 0 Å². The molecule has 0 unspecified atom stereocenters. The van der Waals surface area contributed by atoms with E-state index in [2.05, 4.69) is 0 Å². The lowest BCUT2D eigenvalue weighted by Gasteiger charge is -2.09. The predicted octanol–water partition coefficient (Wildman–Crippen LogP) is 6.68. The summed E-state index contributed by atoms with van der Waals surface area (Å²) in [7, 11) is 0. The van der Waals surface area contributed by atoms with Gasteiger partial charge in [-0.25, -0.2) is 9.59 Å². The van der Waals surface area contributed by atoms with Crippen LogP contribution in [-0.2, 0) is 19.1 Å². The second kappa shape index (κ2) is 18.4. The SMILES string of the molecule is CCOC(=O)C=CC=CC=CC=CC=CC=CC=CC(C)=C(C)C(C)=C(C)C(=O)OCC. The summed E-state index contributed by atoms with van der Waals surface area (Å²) in [6, 6.07) is 0. The highest BCUT2D eigenvalue weighted by Gasteiger charge is 2.10. The van der Waals surface area contributed by atoms with Gasteiger partial charge in [-0.05, 0) is 58.3 Å². The Hall–Kier alpha value is -3.40. The van der Waals surface area contributed by atoms with Crippen LogP contribution in [0.5, 0.6) is 0 Å². The average Bonchev–Trinajstić information content (AvgIpc) is 2.77. The van der Waals surface area contributed by atoms with E-state index >= 15 is 0 Å². The molecule has 4 nitrogen and oxygen atoms in total. The first-order chi connectivity index (χ1) is 15.3. The average molecular weight is 437 g/mol. The van der Waals surface area contributed by atoms with Crippen molar-refractivity contribution in [2.45, 2.75) is 41.5 Å². The molecule has 4 heteroatoms. The molecule has 0 saturated carbocycles. The molecular weight excluding hydrogens is 400 g/mol. The molecular formula is C28H36O4. The van der Waals surface area contributed by atoms with Gasteiger partial charge < -0.3 is 9.47 Å². The first kappa shape index (κ1) is 28.6. The first-order valence-corrected chi connectivity index (χ1v) is 10.7. The lowest BCUT2D eigenvalue weighted by molar-refractivity contribution is -0.138. The van der Waals surface area contributed by atoms with Gasteiger partial charge >= 0.3 is 11.9 Å². The third-order valence-electron chi connectivity index (χ3n) is 4.39. The molecule has 0 fully saturated rings. The molecule has 172 valence electrons. The summed E-state index contributed by atoms with van der Waals surface area (Å²) >= 11 is 0. The van der Waals surface area contributed by atoms with Crippen molar-refractivity contribution in [3.8, 4) is 0 Å². The van der Waals surface area contributed by atoms with Crippen LogP contribution in [0.3, 0.4) is 0 Å². The molecule has 0 aliphatic carbocycles. The first-order valence-electron chi connectivity index (χ1n) is 10.7. The molecule has 0 bridgehead atoms. The van der Waals surface area contributed by atoms with E-state index in [0.717, 1.165) is 16.7 Å². The van der Waals surface area contributed by atoms with Gasteiger partial charge in [-0.15, -0.1) is 0 Å². The molecule has 0 aromatic carbocycles. The maximum atomic E-state index is 11.9. The number of esters is 2. The van der Waals surface area contributed by atoms with Crippen molar-refractivity contribution in [1.29, 1.82) is 0 Å². The standard InChI is InChI=1S/C28H36O4/c1-7-31-27(29)22-20-18-16-14-12-10-9-11-13-15-17-19-21-23(3)24(4)25(5)26(6)28(30)32-8-2/h9-22H,7-8H2,1-6H3. The number of allylic oxidation sites excluding steroid dienone is 16. The second-order valence-corrected chi connectivity index (χ2v) is 6.67. The molecule has 0 rings (SSSR count). The number of carbonyl (C=O) groups is 2. The lowest BCUT2D eigenvalue weighted by Crippen LogP contribution is -2.07. The summed E-state index contributed by atoms with van der Waals surface area (Å²) in [6.45, 7) is 12.1. The number of rotatable bonds is 12. The fraction of sp³-hybridized carbons (Fsp3) is 0.286. The Morgan fingerprint density at radius 2 is 0.938 bits per heavy atom. The van der Waals surface area contributed by atoms with Crippen molar-refractivity contribution in [2.75, 3.05) is 13.2 Å². The van der Waals surface area contributed by atoms with Crippen LogP contribution in [0.1, 0.15) is 41.5 Å². The maximum absolute atomic E-state index is 11.9. The van der Waals surface area contributed by atoms with E-state index in [-0.39, 0.29) is 11.9 Å². The molecule has 0 N–H and O–H groups in total. The lowest BCUT2D eigenvalue weighted by atomic mass is 9.99. The minimum atomic E-state index is -0.341. The summed E-state index contributed by atoms with van der Waals surface area (Å²) < 4.78 is 9.84. The fourth-order valence-corrected chi connectivity index (χ4v) is 2.26. The van der Waals surface area contributed by atoms with Crippen LogP contribution in [-0.4, -0.2) is 25.2 Å². The highest BCUT2D eigenvalue weighted by atomic mass is 16.5. The topological polar surface area (TPSA) is 52.6 Å². The predicted molar refractivity (Wildman–Crippen MR) is 134 cm³/mol. The molecule has 32 heavy (non-hydrogen) atoms. The molecule has 0 saturated heterocycles. The molecule has 0 aliphatic heterocycles. The molecule has 0 radical (unpaired) electrons. The molecule has 0 amide bonds. The smallest absolute Gasteiger partial charge is 0.333 e. The quantitative estimate of drug-likeness (QED) is 0.194. The van der Waals surface area contributed by atoms with E-state index in [1.54, 1.807) is 32.9 Å². The highest BCUT2D eigenvalue weighted by molar-refractivity contribution is 5.89. The summed E-state index contributed by atoms with van der Waals surface area (Å²) in [5, 5.41) is 0. The van der Waals surface area contributed by atoms with Gasteiger partial charge in [0.15, 0.2) is 0 Å². The molecule has 0 heterocycles. The van der Waals surface area contributed by atoms with Crippen molar-refractivity contribution >= 4 is 11.9 Å². The number of carbonyl (C=O) groups excluding carboxylic acids is 2. The van der Waals surface area contributed by atoms with Crippen LogP contribution in [0.15, 0.2) is 107 Å². The van der Waals surface area contributed by atoms with Crippen LogP contribution in [0.25, 0.3) is 0 Å². The van der Waals surface area contributed by atoms with Crippen molar-refractivity contribution in [1.82, 2.24) is 0 Å². The van der Waals surface area contributed by atoms with E-state index in [9.17, 15) is 9.59 Å². The van der Waals surface area contributed by atoms with Crippen molar-refractivity contribution in [2.24, 2.45) is 0 Å². The van der Waals surface area contributed by atoms with Gasteiger partial charge in [-0.2, -0.15) is 0 Å². The van der Waals surface area contributed by atoms with E-state index in [4.69, 9.17) is 9.47 Å². The van der Waals surface area contributed by atoms with Crippen LogP contribution in [0.4, 0.5) is 0 Å². The summed E-state index contributed by atoms with van der Waals surface area (Å²) in [6.07, 6.45) is 26.0. The number of hydrogen-bond acceptors (Lipinski definition) is 4. The highest BCUT2D eigenvalue weighted by Crippen LogP contribution is 2.19. The van der Waals surface area contributed by atoms with Crippen molar-refractivity contribution in [3.05, 3.63) is 107 Å². The third-order valence-corrected chi connectivity index (χ3v) is 4.39. The Balaban J connectivity index is 4.57. The zero-order chi connectivity index (χ0) is 24.2. The van der Waals surface area contributed by atoms with E-state index in [0.29, 0.717) is 18.8 Å². The van der Waals surface area contributed by atoms with E-state index in [1.807, 2.05) is 87.6 Å². The van der Waals surface area contributed by atoms with E-state index < -0.39 is 0 Å². The van der Waals surface area contributed by atoms with Crippen LogP contribution in [0, 0.1) is 0 Å². The van der Waals surface area contributed by atoms with Crippen molar-refractivity contribution in [3.63, 3.8) is 0 Å². The molecule has 0 aliphatic rings.